The molecule has 4 nitrogen and oxygen atoms in total. The van der Waals surface area contributed by atoms with Crippen LogP contribution in [-0.4, -0.2) is 12.5 Å². The van der Waals surface area contributed by atoms with Crippen LogP contribution >= 0.6 is 0 Å². The van der Waals surface area contributed by atoms with Crippen LogP contribution < -0.4 is 16.0 Å². The number of benzene rings is 1. The highest BCUT2D eigenvalue weighted by atomic mass is 19.2. The molecular formula is C8H8F2N2O2. The van der Waals surface area contributed by atoms with E-state index in [0.29, 0.717) is 0 Å². The van der Waals surface area contributed by atoms with E-state index < -0.39 is 17.5 Å². The molecule has 0 aliphatic rings. The zero-order valence-electron chi connectivity index (χ0n) is 7.09. The molecule has 0 spiro atoms. The quantitative estimate of drug-likeness (QED) is 0.422. The topological polar surface area (TPSA) is 64.3 Å². The highest BCUT2D eigenvalue weighted by molar-refractivity contribution is 5.76. The number of nitrogens with one attached hydrogen (secondary N) is 1. The van der Waals surface area contributed by atoms with Crippen LogP contribution in [0.3, 0.4) is 0 Å². The lowest BCUT2D eigenvalue weighted by Crippen LogP contribution is -2.34. The van der Waals surface area contributed by atoms with E-state index in [1.807, 2.05) is 5.43 Å². The fourth-order valence-corrected chi connectivity index (χ4v) is 0.757. The molecule has 0 bridgehead atoms. The van der Waals surface area contributed by atoms with Crippen LogP contribution in [0.4, 0.5) is 8.78 Å². The first-order valence-electron chi connectivity index (χ1n) is 3.71. The molecular weight excluding hydrogens is 194 g/mol. The van der Waals surface area contributed by atoms with Gasteiger partial charge in [0.15, 0.2) is 18.2 Å². The van der Waals surface area contributed by atoms with Crippen molar-refractivity contribution in [2.24, 2.45) is 5.84 Å². The number of nitrogens with two attached hydrogens (primary N) is 1. The summed E-state index contributed by atoms with van der Waals surface area (Å²) < 4.78 is 29.8. The number of halogens is 2. The van der Waals surface area contributed by atoms with Crippen molar-refractivity contribution in [1.29, 1.82) is 0 Å². The summed E-state index contributed by atoms with van der Waals surface area (Å²) in [4.78, 5) is 10.6. The zero-order valence-corrected chi connectivity index (χ0v) is 7.09. The van der Waals surface area contributed by atoms with E-state index in [-0.39, 0.29) is 12.4 Å². The summed E-state index contributed by atoms with van der Waals surface area (Å²) in [5, 5.41) is 0. The van der Waals surface area contributed by atoms with E-state index in [2.05, 4.69) is 0 Å². The fourth-order valence-electron chi connectivity index (χ4n) is 0.757. The van der Waals surface area contributed by atoms with Gasteiger partial charge in [0.1, 0.15) is 5.75 Å². The van der Waals surface area contributed by atoms with Crippen molar-refractivity contribution >= 4 is 5.91 Å². The predicted octanol–water partition coefficient (Wildman–Crippen LogP) is 0.334. The molecule has 0 atom stereocenters. The van der Waals surface area contributed by atoms with Crippen molar-refractivity contribution in [2.45, 2.75) is 0 Å². The Hall–Kier alpha value is -1.69. The number of ether oxygens (including phenoxy) is 1. The third-order valence-corrected chi connectivity index (χ3v) is 1.42. The molecule has 1 rings (SSSR count). The maximum atomic E-state index is 12.6. The number of amides is 1. The average Bonchev–Trinajstić information content (AvgIpc) is 2.19. The first-order valence-corrected chi connectivity index (χ1v) is 3.71. The lowest BCUT2D eigenvalue weighted by molar-refractivity contribution is -0.123. The lowest BCUT2D eigenvalue weighted by Gasteiger charge is -2.04. The first kappa shape index (κ1) is 10.4. The minimum absolute atomic E-state index is 0.0625. The third-order valence-electron chi connectivity index (χ3n) is 1.42. The molecule has 0 aliphatic carbocycles. The molecule has 14 heavy (non-hydrogen) atoms. The van der Waals surface area contributed by atoms with Crippen LogP contribution in [-0.2, 0) is 4.79 Å². The molecule has 1 aromatic carbocycles. The van der Waals surface area contributed by atoms with Gasteiger partial charge >= 0.3 is 0 Å². The minimum atomic E-state index is -1.03. The monoisotopic (exact) mass is 202 g/mol. The third kappa shape index (κ3) is 2.67. The van der Waals surface area contributed by atoms with E-state index in [1.165, 1.54) is 6.07 Å². The lowest BCUT2D eigenvalue weighted by atomic mass is 10.3. The SMILES string of the molecule is NNC(=O)COc1ccc(F)c(F)c1. The van der Waals surface area contributed by atoms with Crippen LogP contribution in [0.2, 0.25) is 0 Å². The summed E-state index contributed by atoms with van der Waals surface area (Å²) in [7, 11) is 0. The number of hydrogen-bond acceptors (Lipinski definition) is 3. The molecule has 0 saturated heterocycles. The van der Waals surface area contributed by atoms with Gasteiger partial charge in [-0.25, -0.2) is 14.6 Å². The predicted molar refractivity (Wildman–Crippen MR) is 44.2 cm³/mol. The molecule has 0 radical (unpaired) electrons. The van der Waals surface area contributed by atoms with Gasteiger partial charge in [-0.05, 0) is 12.1 Å². The van der Waals surface area contributed by atoms with Crippen molar-refractivity contribution in [3.8, 4) is 5.75 Å². The van der Waals surface area contributed by atoms with Crippen LogP contribution in [0.25, 0.3) is 0 Å². The van der Waals surface area contributed by atoms with Crippen LogP contribution in [0.1, 0.15) is 0 Å². The van der Waals surface area contributed by atoms with Crippen molar-refractivity contribution in [3.63, 3.8) is 0 Å². The maximum Gasteiger partial charge on any atom is 0.271 e. The molecule has 0 saturated carbocycles. The Morgan fingerprint density at radius 3 is 2.71 bits per heavy atom. The number of hydrogen-bond donors (Lipinski definition) is 2. The maximum absolute atomic E-state index is 12.6. The summed E-state index contributed by atoms with van der Waals surface area (Å²) in [5.41, 5.74) is 1.83. The Bertz CT molecular complexity index is 344. The average molecular weight is 202 g/mol. The van der Waals surface area contributed by atoms with Gasteiger partial charge in [0.25, 0.3) is 5.91 Å². The van der Waals surface area contributed by atoms with E-state index in [9.17, 15) is 13.6 Å². The summed E-state index contributed by atoms with van der Waals surface area (Å²) in [6, 6.07) is 2.96. The highest BCUT2D eigenvalue weighted by Crippen LogP contribution is 2.14. The van der Waals surface area contributed by atoms with Crippen molar-refractivity contribution in [3.05, 3.63) is 29.8 Å². The molecule has 0 unspecified atom stereocenters. The van der Waals surface area contributed by atoms with Crippen LogP contribution in [0.5, 0.6) is 5.75 Å². The van der Waals surface area contributed by atoms with Gasteiger partial charge in [0, 0.05) is 6.07 Å². The van der Waals surface area contributed by atoms with Gasteiger partial charge in [-0.3, -0.25) is 10.2 Å². The number of rotatable bonds is 3. The van der Waals surface area contributed by atoms with Gasteiger partial charge in [0.2, 0.25) is 0 Å². The molecule has 0 aliphatic heterocycles. The van der Waals surface area contributed by atoms with E-state index in [1.54, 1.807) is 0 Å². The molecule has 0 fully saturated rings. The second-order valence-electron chi connectivity index (χ2n) is 2.43. The molecule has 3 N–H and O–H groups in total. The largest absolute Gasteiger partial charge is 0.484 e. The molecule has 1 aromatic rings. The molecule has 0 aromatic heterocycles. The van der Waals surface area contributed by atoms with Crippen molar-refractivity contribution < 1.29 is 18.3 Å². The summed E-state index contributed by atoms with van der Waals surface area (Å²) >= 11 is 0. The summed E-state index contributed by atoms with van der Waals surface area (Å²) in [6.45, 7) is -0.346. The van der Waals surface area contributed by atoms with Gasteiger partial charge in [-0.15, -0.1) is 0 Å². The van der Waals surface area contributed by atoms with E-state index in [4.69, 9.17) is 10.6 Å². The Morgan fingerprint density at radius 2 is 2.14 bits per heavy atom. The fraction of sp³-hybridized carbons (Fsp3) is 0.125. The van der Waals surface area contributed by atoms with Crippen LogP contribution in [0, 0.1) is 11.6 Å². The minimum Gasteiger partial charge on any atom is -0.484 e. The zero-order chi connectivity index (χ0) is 10.6. The second kappa shape index (κ2) is 4.52. The first-order chi connectivity index (χ1) is 6.63. The highest BCUT2D eigenvalue weighted by Gasteiger charge is 2.04. The molecule has 6 heteroatoms. The summed E-state index contributed by atoms with van der Waals surface area (Å²) in [5.74, 6) is 2.28. The molecule has 0 heterocycles. The van der Waals surface area contributed by atoms with Gasteiger partial charge in [-0.2, -0.15) is 0 Å². The molecule has 1 amide bonds. The smallest absolute Gasteiger partial charge is 0.271 e. The standard InChI is InChI=1S/C8H8F2N2O2/c9-6-2-1-5(3-7(6)10)14-4-8(13)12-11/h1-3H,4,11H2,(H,12,13). The van der Waals surface area contributed by atoms with Crippen molar-refractivity contribution in [1.82, 2.24) is 5.43 Å². The van der Waals surface area contributed by atoms with Gasteiger partial charge in [-0.1, -0.05) is 0 Å². The Balaban J connectivity index is 2.60. The normalized spacial score (nSPS) is 9.64. The Labute approximate surface area is 78.6 Å². The van der Waals surface area contributed by atoms with Gasteiger partial charge in [0.05, 0.1) is 0 Å². The number of carbonyl (C=O) groups excluding carboxylic acids is 1. The summed E-state index contributed by atoms with van der Waals surface area (Å²) in [6.07, 6.45) is 0. The Morgan fingerprint density at radius 1 is 1.43 bits per heavy atom. The van der Waals surface area contributed by atoms with Gasteiger partial charge < -0.3 is 4.74 Å². The number of carbonyl (C=O) groups is 1. The number of hydrazine groups is 1. The van der Waals surface area contributed by atoms with E-state index in [0.717, 1.165) is 12.1 Å². The van der Waals surface area contributed by atoms with Crippen molar-refractivity contribution in [2.75, 3.05) is 6.61 Å². The van der Waals surface area contributed by atoms with Crippen LogP contribution in [0.15, 0.2) is 18.2 Å². The molecule has 76 valence electrons. The second-order valence-corrected chi connectivity index (χ2v) is 2.43. The Kier molecular flexibility index (Phi) is 3.35. The van der Waals surface area contributed by atoms with E-state index >= 15 is 0 Å².